The highest BCUT2D eigenvalue weighted by Gasteiger charge is 2.12. The van der Waals surface area contributed by atoms with Crippen molar-refractivity contribution in [2.75, 3.05) is 5.32 Å². The van der Waals surface area contributed by atoms with Crippen LogP contribution in [-0.4, -0.2) is 0 Å². The van der Waals surface area contributed by atoms with E-state index in [9.17, 15) is 17.6 Å². The van der Waals surface area contributed by atoms with Gasteiger partial charge in [-0.15, -0.1) is 0 Å². The molecule has 0 aliphatic carbocycles. The lowest BCUT2D eigenvalue weighted by molar-refractivity contribution is 0.498. The molecule has 0 amide bonds. The summed E-state index contributed by atoms with van der Waals surface area (Å²) < 4.78 is 53.4. The smallest absolute Gasteiger partial charge is 0.182 e. The molecule has 0 aliphatic heterocycles. The zero-order chi connectivity index (χ0) is 13.3. The lowest BCUT2D eigenvalue weighted by Gasteiger charge is -2.09. The monoisotopic (exact) mass is 367 g/mol. The van der Waals surface area contributed by atoms with Crippen LogP contribution in [0.1, 0.15) is 0 Å². The van der Waals surface area contributed by atoms with Crippen LogP contribution in [0, 0.1) is 26.8 Å². The first-order chi connectivity index (χ1) is 8.47. The van der Waals surface area contributed by atoms with E-state index in [2.05, 4.69) is 5.32 Å². The highest BCUT2D eigenvalue weighted by atomic mass is 127. The molecule has 0 unspecified atom stereocenters. The van der Waals surface area contributed by atoms with Gasteiger partial charge < -0.3 is 5.32 Å². The highest BCUT2D eigenvalue weighted by Crippen LogP contribution is 2.25. The molecule has 0 heterocycles. The fraction of sp³-hybridized carbons (Fsp3) is 0. The lowest BCUT2D eigenvalue weighted by Crippen LogP contribution is -2.00. The predicted molar refractivity (Wildman–Crippen MR) is 68.7 cm³/mol. The molecule has 6 heteroatoms. The minimum Gasteiger partial charge on any atom is -0.351 e. The molecule has 0 radical (unpaired) electrons. The first kappa shape index (κ1) is 13.1. The van der Waals surface area contributed by atoms with Gasteiger partial charge in [0.15, 0.2) is 11.6 Å². The van der Waals surface area contributed by atoms with Gasteiger partial charge >= 0.3 is 0 Å². The van der Waals surface area contributed by atoms with Crippen molar-refractivity contribution in [3.05, 3.63) is 57.2 Å². The molecule has 1 N–H and O–H groups in total. The maximum Gasteiger partial charge on any atom is 0.182 e. The number of rotatable bonds is 2. The SMILES string of the molecule is Fc1cc(F)c(F)c(Nc2ccc(I)cc2F)c1. The Morgan fingerprint density at radius 2 is 1.56 bits per heavy atom. The van der Waals surface area contributed by atoms with Gasteiger partial charge in [0.1, 0.15) is 11.6 Å². The molecule has 18 heavy (non-hydrogen) atoms. The van der Waals surface area contributed by atoms with Gasteiger partial charge in [-0.1, -0.05) is 0 Å². The van der Waals surface area contributed by atoms with Crippen LogP contribution in [0.2, 0.25) is 0 Å². The van der Waals surface area contributed by atoms with Crippen LogP contribution >= 0.6 is 22.6 Å². The van der Waals surface area contributed by atoms with Crippen molar-refractivity contribution in [3.63, 3.8) is 0 Å². The normalized spacial score (nSPS) is 10.5. The minimum absolute atomic E-state index is 0.0562. The number of anilines is 2. The zero-order valence-electron chi connectivity index (χ0n) is 8.78. The Bertz CT molecular complexity index is 601. The molecule has 0 saturated carbocycles. The maximum atomic E-state index is 13.5. The molecule has 0 aromatic heterocycles. The highest BCUT2D eigenvalue weighted by molar-refractivity contribution is 14.1. The van der Waals surface area contributed by atoms with E-state index >= 15 is 0 Å². The largest absolute Gasteiger partial charge is 0.351 e. The number of benzene rings is 2. The van der Waals surface area contributed by atoms with Crippen LogP contribution in [0.5, 0.6) is 0 Å². The van der Waals surface area contributed by atoms with E-state index in [-0.39, 0.29) is 5.69 Å². The standard InChI is InChI=1S/C12H6F4IN/c13-6-3-9(15)12(16)11(4-6)18-10-2-1-7(17)5-8(10)14/h1-5,18H. The quantitative estimate of drug-likeness (QED) is 0.465. The van der Waals surface area contributed by atoms with Crippen molar-refractivity contribution in [2.45, 2.75) is 0 Å². The summed E-state index contributed by atoms with van der Waals surface area (Å²) in [6, 6.07) is 5.34. The average Bonchev–Trinajstić information content (AvgIpc) is 2.29. The van der Waals surface area contributed by atoms with Crippen LogP contribution in [0.3, 0.4) is 0 Å². The van der Waals surface area contributed by atoms with Gasteiger partial charge in [-0.25, -0.2) is 17.6 Å². The maximum absolute atomic E-state index is 13.5. The van der Waals surface area contributed by atoms with Crippen LogP contribution in [0.25, 0.3) is 0 Å². The molecule has 94 valence electrons. The van der Waals surface area contributed by atoms with Crippen molar-refractivity contribution in [1.82, 2.24) is 0 Å². The van der Waals surface area contributed by atoms with Gasteiger partial charge in [-0.3, -0.25) is 0 Å². The fourth-order valence-electron chi connectivity index (χ4n) is 1.38. The molecule has 0 aliphatic rings. The molecular formula is C12H6F4IN. The summed E-state index contributed by atoms with van der Waals surface area (Å²) in [5, 5.41) is 2.32. The Balaban J connectivity index is 2.40. The molecule has 0 bridgehead atoms. The Morgan fingerprint density at radius 3 is 2.22 bits per heavy atom. The molecule has 2 rings (SSSR count). The first-order valence-electron chi connectivity index (χ1n) is 4.84. The second-order valence-corrected chi connectivity index (χ2v) is 4.74. The Kier molecular flexibility index (Phi) is 3.74. The second kappa shape index (κ2) is 5.13. The predicted octanol–water partition coefficient (Wildman–Crippen LogP) is 4.59. The first-order valence-corrected chi connectivity index (χ1v) is 5.92. The van der Waals surface area contributed by atoms with Crippen molar-refractivity contribution in [3.8, 4) is 0 Å². The second-order valence-electron chi connectivity index (χ2n) is 3.50. The number of nitrogens with one attached hydrogen (secondary N) is 1. The van der Waals surface area contributed by atoms with Gasteiger partial charge in [0.25, 0.3) is 0 Å². The van der Waals surface area contributed by atoms with Gasteiger partial charge in [-0.2, -0.15) is 0 Å². The summed E-state index contributed by atoms with van der Waals surface area (Å²) in [5.74, 6) is -4.16. The van der Waals surface area contributed by atoms with Crippen LogP contribution in [-0.2, 0) is 0 Å². The van der Waals surface area contributed by atoms with E-state index in [1.165, 1.54) is 12.1 Å². The molecule has 0 spiro atoms. The van der Waals surface area contributed by atoms with Crippen LogP contribution in [0.4, 0.5) is 28.9 Å². The van der Waals surface area contributed by atoms with Crippen LogP contribution in [0.15, 0.2) is 30.3 Å². The van der Waals surface area contributed by atoms with Crippen LogP contribution < -0.4 is 5.32 Å². The Hall–Kier alpha value is -1.31. The molecule has 0 fully saturated rings. The lowest BCUT2D eigenvalue weighted by atomic mass is 10.2. The van der Waals surface area contributed by atoms with E-state index in [4.69, 9.17) is 0 Å². The third-order valence-corrected chi connectivity index (χ3v) is 2.86. The van der Waals surface area contributed by atoms with Gasteiger partial charge in [-0.05, 0) is 40.8 Å². The zero-order valence-corrected chi connectivity index (χ0v) is 10.9. The summed E-state index contributed by atoms with van der Waals surface area (Å²) in [4.78, 5) is 0. The summed E-state index contributed by atoms with van der Waals surface area (Å²) in [7, 11) is 0. The molecule has 2 aromatic carbocycles. The van der Waals surface area contributed by atoms with E-state index < -0.39 is 29.0 Å². The van der Waals surface area contributed by atoms with Crippen molar-refractivity contribution in [2.24, 2.45) is 0 Å². The Morgan fingerprint density at radius 1 is 0.833 bits per heavy atom. The van der Waals surface area contributed by atoms with Crippen molar-refractivity contribution >= 4 is 34.0 Å². The third-order valence-electron chi connectivity index (χ3n) is 2.19. The fourth-order valence-corrected chi connectivity index (χ4v) is 1.84. The summed E-state index contributed by atoms with van der Waals surface area (Å²) in [6.45, 7) is 0. The van der Waals surface area contributed by atoms with E-state index in [0.717, 1.165) is 6.07 Å². The number of hydrogen-bond acceptors (Lipinski definition) is 1. The van der Waals surface area contributed by atoms with E-state index in [0.29, 0.717) is 9.64 Å². The van der Waals surface area contributed by atoms with E-state index in [1.807, 2.05) is 22.6 Å². The van der Waals surface area contributed by atoms with Gasteiger partial charge in [0.2, 0.25) is 0 Å². The third kappa shape index (κ3) is 2.74. The number of halogens is 5. The molecule has 2 aromatic rings. The molecular weight excluding hydrogens is 361 g/mol. The minimum atomic E-state index is -1.33. The topological polar surface area (TPSA) is 12.0 Å². The molecule has 0 saturated heterocycles. The summed E-state index contributed by atoms with van der Waals surface area (Å²) >= 11 is 1.91. The van der Waals surface area contributed by atoms with Gasteiger partial charge in [0, 0.05) is 15.7 Å². The van der Waals surface area contributed by atoms with Gasteiger partial charge in [0.05, 0.1) is 11.4 Å². The number of hydrogen-bond donors (Lipinski definition) is 1. The van der Waals surface area contributed by atoms with Crippen molar-refractivity contribution in [1.29, 1.82) is 0 Å². The van der Waals surface area contributed by atoms with E-state index in [1.54, 1.807) is 6.07 Å². The van der Waals surface area contributed by atoms with Crippen molar-refractivity contribution < 1.29 is 17.6 Å². The molecule has 1 nitrogen and oxygen atoms in total. The summed E-state index contributed by atoms with van der Waals surface area (Å²) in [6.07, 6.45) is 0. The summed E-state index contributed by atoms with van der Waals surface area (Å²) in [5.41, 5.74) is -0.507. The molecule has 0 atom stereocenters. The average molecular weight is 367 g/mol. The Labute approximate surface area is 114 Å².